The quantitative estimate of drug-likeness (QED) is 0.143. The molecule has 2 saturated heterocycles. The Kier molecular flexibility index (Phi) is 13.7. The van der Waals surface area contributed by atoms with Crippen molar-refractivity contribution in [1.29, 1.82) is 0 Å². The van der Waals surface area contributed by atoms with Crippen molar-refractivity contribution in [3.8, 4) is 5.69 Å². The van der Waals surface area contributed by atoms with Gasteiger partial charge in [-0.1, -0.05) is 25.5 Å². The van der Waals surface area contributed by atoms with Gasteiger partial charge in [-0.25, -0.2) is 4.79 Å². The van der Waals surface area contributed by atoms with Crippen LogP contribution in [0.5, 0.6) is 0 Å². The highest BCUT2D eigenvalue weighted by Gasteiger charge is 2.37. The summed E-state index contributed by atoms with van der Waals surface area (Å²) in [5.74, 6) is 0.508. The van der Waals surface area contributed by atoms with Gasteiger partial charge in [-0.15, -0.1) is 10.2 Å². The Hall–Kier alpha value is -6.34. The van der Waals surface area contributed by atoms with E-state index in [0.29, 0.717) is 80.4 Å². The van der Waals surface area contributed by atoms with E-state index in [-0.39, 0.29) is 30.3 Å². The summed E-state index contributed by atoms with van der Waals surface area (Å²) in [6.07, 6.45) is 3.50. The predicted octanol–water partition coefficient (Wildman–Crippen LogP) is 4.11. The van der Waals surface area contributed by atoms with Crippen LogP contribution >= 0.6 is 0 Å². The van der Waals surface area contributed by atoms with Gasteiger partial charge in [0.15, 0.2) is 0 Å². The summed E-state index contributed by atoms with van der Waals surface area (Å²) >= 11 is 0. The van der Waals surface area contributed by atoms with Crippen molar-refractivity contribution in [3.63, 3.8) is 0 Å². The first-order chi connectivity index (χ1) is 31.7. The number of alkyl halides is 3. The van der Waals surface area contributed by atoms with E-state index < -0.39 is 29.4 Å². The number of imidazole rings is 1. The summed E-state index contributed by atoms with van der Waals surface area (Å²) in [6.45, 7) is 8.40. The van der Waals surface area contributed by atoms with Gasteiger partial charge in [-0.3, -0.25) is 38.4 Å². The molecule has 19 heteroatoms. The van der Waals surface area contributed by atoms with Crippen LogP contribution in [-0.4, -0.2) is 133 Å². The van der Waals surface area contributed by atoms with Gasteiger partial charge in [0.1, 0.15) is 18.2 Å². The van der Waals surface area contributed by atoms with Crippen molar-refractivity contribution >= 4 is 35.3 Å². The number of halogens is 3. The van der Waals surface area contributed by atoms with Crippen LogP contribution in [0.1, 0.15) is 77.5 Å². The first kappa shape index (κ1) is 46.2. The second-order valence-corrected chi connectivity index (χ2v) is 17.8. The smallest absolute Gasteiger partial charge is 0.369 e. The maximum Gasteiger partial charge on any atom is 0.418 e. The lowest BCUT2D eigenvalue weighted by Crippen LogP contribution is -2.49. The SMILES string of the molecule is CCCC(C(=O)NC=O)N1Cc2cc(N3CCN(CC4CCN(C(=O)CCN(C)Cc5cc(C(F)(F)F)c6cn(-c7cccc(Cc8nncn8C)c7)c(=O)n6c5)CC4)CC3)ccc2C1=O. The van der Waals surface area contributed by atoms with Crippen molar-refractivity contribution in [3.05, 3.63) is 111 Å². The van der Waals surface area contributed by atoms with Crippen LogP contribution in [0.15, 0.2) is 72.0 Å². The Morgan fingerprint density at radius 2 is 1.74 bits per heavy atom. The predicted molar refractivity (Wildman–Crippen MR) is 240 cm³/mol. The number of aromatic nitrogens is 5. The Labute approximate surface area is 380 Å². The van der Waals surface area contributed by atoms with Gasteiger partial charge in [0.2, 0.25) is 18.2 Å². The van der Waals surface area contributed by atoms with Gasteiger partial charge in [0.05, 0.1) is 16.8 Å². The number of amides is 4. The largest absolute Gasteiger partial charge is 0.418 e. The second-order valence-electron chi connectivity index (χ2n) is 17.8. The first-order valence-electron chi connectivity index (χ1n) is 22.6. The number of carbonyl (C=O) groups excluding carboxylic acids is 4. The van der Waals surface area contributed by atoms with Gasteiger partial charge in [0, 0.05) is 109 Å². The fraction of sp³-hybridized carbons (Fsp3) is 0.468. The van der Waals surface area contributed by atoms with Crippen LogP contribution in [0.3, 0.4) is 0 Å². The number of nitrogens with zero attached hydrogens (tertiary/aromatic N) is 10. The van der Waals surface area contributed by atoms with E-state index in [9.17, 15) is 37.1 Å². The molecule has 4 amide bonds. The molecule has 0 bridgehead atoms. The highest BCUT2D eigenvalue weighted by atomic mass is 19.4. The summed E-state index contributed by atoms with van der Waals surface area (Å²) in [5, 5.41) is 10.2. The van der Waals surface area contributed by atoms with Gasteiger partial charge >= 0.3 is 11.9 Å². The normalized spacial score (nSPS) is 16.7. The highest BCUT2D eigenvalue weighted by Crippen LogP contribution is 2.34. The molecular formula is C47H56F3N11O5. The average Bonchev–Trinajstić information content (AvgIpc) is 3.97. The third kappa shape index (κ3) is 10.1. The molecule has 5 aromatic rings. The minimum absolute atomic E-state index is 0.0133. The van der Waals surface area contributed by atoms with Gasteiger partial charge in [-0.2, -0.15) is 13.2 Å². The fourth-order valence-corrected chi connectivity index (χ4v) is 9.60. The Morgan fingerprint density at radius 3 is 2.44 bits per heavy atom. The summed E-state index contributed by atoms with van der Waals surface area (Å²) in [4.78, 5) is 73.8. The molecular weight excluding hydrogens is 856 g/mol. The van der Waals surface area contributed by atoms with Gasteiger partial charge < -0.3 is 24.2 Å². The Morgan fingerprint density at radius 1 is 0.970 bits per heavy atom. The van der Waals surface area contributed by atoms with Crippen LogP contribution in [0.25, 0.3) is 11.2 Å². The minimum Gasteiger partial charge on any atom is -0.369 e. The van der Waals surface area contributed by atoms with E-state index in [1.807, 2.05) is 43.1 Å². The number of benzene rings is 2. The molecule has 0 aliphatic carbocycles. The zero-order chi connectivity index (χ0) is 46.7. The summed E-state index contributed by atoms with van der Waals surface area (Å²) in [6, 6.07) is 13.3. The molecule has 6 heterocycles. The molecule has 3 aromatic heterocycles. The van der Waals surface area contributed by atoms with Crippen LogP contribution in [0, 0.1) is 5.92 Å². The maximum atomic E-state index is 14.5. The lowest BCUT2D eigenvalue weighted by Gasteiger charge is -2.39. The van der Waals surface area contributed by atoms with Crippen molar-refractivity contribution in [2.45, 2.75) is 70.8 Å². The Bertz CT molecular complexity index is 2640. The summed E-state index contributed by atoms with van der Waals surface area (Å²) in [5.41, 5.74) is 2.29. The topological polar surface area (TPSA) is 154 Å². The number of hydrogen-bond acceptors (Lipinski definition) is 10. The molecule has 3 aliphatic rings. The molecule has 1 N–H and O–H groups in total. The molecule has 1 atom stereocenters. The Balaban J connectivity index is 0.804. The fourth-order valence-electron chi connectivity index (χ4n) is 9.60. The molecule has 0 radical (unpaired) electrons. The molecule has 8 rings (SSSR count). The lowest BCUT2D eigenvalue weighted by molar-refractivity contribution is -0.136. The van der Waals surface area contributed by atoms with Gasteiger partial charge in [-0.05, 0) is 85.3 Å². The van der Waals surface area contributed by atoms with E-state index in [1.54, 1.807) is 45.9 Å². The average molecular weight is 912 g/mol. The van der Waals surface area contributed by atoms with E-state index >= 15 is 0 Å². The van der Waals surface area contributed by atoms with E-state index in [4.69, 9.17) is 0 Å². The van der Waals surface area contributed by atoms with Crippen molar-refractivity contribution < 1.29 is 32.3 Å². The van der Waals surface area contributed by atoms with Crippen LogP contribution in [-0.2, 0) is 47.1 Å². The van der Waals surface area contributed by atoms with Crippen molar-refractivity contribution in [1.82, 2.24) is 48.6 Å². The number of nitrogens with one attached hydrogen (secondary N) is 1. The number of likely N-dealkylation sites (tertiary alicyclic amines) is 1. The molecule has 0 spiro atoms. The van der Waals surface area contributed by atoms with Crippen molar-refractivity contribution in [2.24, 2.45) is 13.0 Å². The monoisotopic (exact) mass is 911 g/mol. The number of imide groups is 1. The van der Waals surface area contributed by atoms with Crippen LogP contribution < -0.4 is 15.9 Å². The molecule has 1 unspecified atom stereocenters. The summed E-state index contributed by atoms with van der Waals surface area (Å²) < 4.78 is 47.5. The van der Waals surface area contributed by atoms with Crippen LogP contribution in [0.2, 0.25) is 0 Å². The van der Waals surface area contributed by atoms with E-state index in [1.165, 1.54) is 17.0 Å². The number of carbonyl (C=O) groups is 4. The number of piperazine rings is 1. The zero-order valence-corrected chi connectivity index (χ0v) is 37.5. The standard InChI is InChI=1S/C47H56F3N11O5/c1-4-6-40(44(64)51-31-62)60-28-35-24-36(9-10-38(35)45(60)65)57-19-17-56(18-20-57)26-32-11-15-58(16-12-32)43(63)13-14-54(2)25-34-22-39(47(48,49)50)41-29-59(46(66)61(41)27-34)37-8-5-7-33(21-37)23-42-53-52-30-55(42)3/h5,7-10,21-22,24,27,29-32,40H,4,6,11-20,23,25-26,28H2,1-3H3,(H,51,62,64). The molecule has 350 valence electrons. The van der Waals surface area contributed by atoms with Gasteiger partial charge in [0.25, 0.3) is 5.91 Å². The number of hydrogen-bond donors (Lipinski definition) is 1. The number of fused-ring (bicyclic) bond motifs is 2. The zero-order valence-electron chi connectivity index (χ0n) is 37.5. The van der Waals surface area contributed by atoms with Crippen molar-refractivity contribution in [2.75, 3.05) is 64.3 Å². The number of rotatable bonds is 16. The van der Waals surface area contributed by atoms with Crippen LogP contribution in [0.4, 0.5) is 18.9 Å². The highest BCUT2D eigenvalue weighted by molar-refractivity contribution is 6.02. The summed E-state index contributed by atoms with van der Waals surface area (Å²) in [7, 11) is 3.58. The molecule has 2 aromatic carbocycles. The first-order valence-corrected chi connectivity index (χ1v) is 22.6. The molecule has 0 saturated carbocycles. The second kappa shape index (κ2) is 19.6. The third-order valence-electron chi connectivity index (χ3n) is 13.2. The number of anilines is 1. The number of pyridine rings is 1. The van der Waals surface area contributed by atoms with E-state index in [2.05, 4.69) is 25.3 Å². The maximum absolute atomic E-state index is 14.5. The number of piperidine rings is 1. The molecule has 16 nitrogen and oxygen atoms in total. The minimum atomic E-state index is -4.71. The molecule has 66 heavy (non-hydrogen) atoms. The lowest BCUT2D eigenvalue weighted by atomic mass is 9.95. The molecule has 3 aliphatic heterocycles. The number of aryl methyl sites for hydroxylation is 1. The molecule has 2 fully saturated rings. The van der Waals surface area contributed by atoms with E-state index in [0.717, 1.165) is 72.8 Å². The third-order valence-corrected chi connectivity index (χ3v) is 13.2.